The molecule has 0 aliphatic rings. The SMILES string of the molecule is CCn1cc(NC(=O)c2ccn(C(C)C(=O)O)n2)c(C(N)=O)n1. The van der Waals surface area contributed by atoms with E-state index in [4.69, 9.17) is 10.8 Å². The molecule has 1 atom stereocenters. The van der Waals surface area contributed by atoms with Crippen LogP contribution in [0.4, 0.5) is 5.69 Å². The van der Waals surface area contributed by atoms with Crippen molar-refractivity contribution in [2.24, 2.45) is 5.73 Å². The Kier molecular flexibility index (Phi) is 4.44. The van der Waals surface area contributed by atoms with Gasteiger partial charge in [-0.25, -0.2) is 4.79 Å². The number of rotatable bonds is 6. The van der Waals surface area contributed by atoms with Gasteiger partial charge in [0, 0.05) is 18.9 Å². The van der Waals surface area contributed by atoms with Crippen molar-refractivity contribution in [3.8, 4) is 0 Å². The molecule has 0 aliphatic carbocycles. The molecule has 0 bridgehead atoms. The number of hydrogen-bond donors (Lipinski definition) is 3. The van der Waals surface area contributed by atoms with E-state index in [2.05, 4.69) is 15.5 Å². The van der Waals surface area contributed by atoms with E-state index in [0.717, 1.165) is 4.68 Å². The van der Waals surface area contributed by atoms with Crippen LogP contribution in [0.25, 0.3) is 0 Å². The highest BCUT2D eigenvalue weighted by atomic mass is 16.4. The first-order valence-corrected chi connectivity index (χ1v) is 6.80. The second kappa shape index (κ2) is 6.30. The van der Waals surface area contributed by atoms with E-state index in [1.807, 2.05) is 6.92 Å². The molecule has 2 heterocycles. The Hall–Kier alpha value is -3.17. The van der Waals surface area contributed by atoms with Crippen molar-refractivity contribution in [1.29, 1.82) is 0 Å². The van der Waals surface area contributed by atoms with Crippen LogP contribution in [0.3, 0.4) is 0 Å². The first-order chi connectivity index (χ1) is 10.8. The maximum absolute atomic E-state index is 12.2. The fourth-order valence-electron chi connectivity index (χ4n) is 1.83. The molecule has 0 saturated heterocycles. The average Bonchev–Trinajstić information content (AvgIpc) is 3.12. The monoisotopic (exact) mass is 320 g/mol. The smallest absolute Gasteiger partial charge is 0.328 e. The summed E-state index contributed by atoms with van der Waals surface area (Å²) < 4.78 is 2.61. The second-order valence-corrected chi connectivity index (χ2v) is 4.76. The summed E-state index contributed by atoms with van der Waals surface area (Å²) in [5, 5.41) is 19.3. The van der Waals surface area contributed by atoms with Gasteiger partial charge in [0.15, 0.2) is 11.4 Å². The van der Waals surface area contributed by atoms with E-state index in [-0.39, 0.29) is 17.1 Å². The van der Waals surface area contributed by atoms with Crippen molar-refractivity contribution in [2.75, 3.05) is 5.32 Å². The summed E-state index contributed by atoms with van der Waals surface area (Å²) in [5.41, 5.74) is 5.35. The molecule has 2 amide bonds. The summed E-state index contributed by atoms with van der Waals surface area (Å²) in [4.78, 5) is 34.4. The molecule has 23 heavy (non-hydrogen) atoms. The van der Waals surface area contributed by atoms with Crippen LogP contribution in [0, 0.1) is 0 Å². The lowest BCUT2D eigenvalue weighted by molar-refractivity contribution is -0.140. The van der Waals surface area contributed by atoms with Crippen LogP contribution >= 0.6 is 0 Å². The van der Waals surface area contributed by atoms with Gasteiger partial charge >= 0.3 is 5.97 Å². The van der Waals surface area contributed by atoms with Crippen LogP contribution in [0.5, 0.6) is 0 Å². The molecule has 0 spiro atoms. The van der Waals surface area contributed by atoms with Crippen LogP contribution < -0.4 is 11.1 Å². The van der Waals surface area contributed by atoms with Crippen molar-refractivity contribution in [3.05, 3.63) is 29.8 Å². The molecule has 2 aromatic heterocycles. The number of carbonyl (C=O) groups is 3. The molecule has 4 N–H and O–H groups in total. The van der Waals surface area contributed by atoms with Gasteiger partial charge in [-0.2, -0.15) is 10.2 Å². The number of nitrogens with zero attached hydrogens (tertiary/aromatic N) is 4. The molecular formula is C13H16N6O4. The van der Waals surface area contributed by atoms with E-state index < -0.39 is 23.8 Å². The summed E-state index contributed by atoms with van der Waals surface area (Å²) in [6.45, 7) is 3.76. The summed E-state index contributed by atoms with van der Waals surface area (Å²) >= 11 is 0. The number of hydrogen-bond acceptors (Lipinski definition) is 5. The number of carboxylic acid groups (broad SMARTS) is 1. The third-order valence-electron chi connectivity index (χ3n) is 3.16. The zero-order valence-corrected chi connectivity index (χ0v) is 12.6. The fourth-order valence-corrected chi connectivity index (χ4v) is 1.83. The van der Waals surface area contributed by atoms with Gasteiger partial charge in [-0.3, -0.25) is 19.0 Å². The molecule has 10 nitrogen and oxygen atoms in total. The molecule has 0 radical (unpaired) electrons. The Bertz CT molecular complexity index is 762. The molecule has 10 heteroatoms. The topological polar surface area (TPSA) is 145 Å². The van der Waals surface area contributed by atoms with Gasteiger partial charge in [-0.05, 0) is 19.9 Å². The van der Waals surface area contributed by atoms with E-state index in [9.17, 15) is 14.4 Å². The Balaban J connectivity index is 2.21. The molecule has 2 aromatic rings. The van der Waals surface area contributed by atoms with E-state index >= 15 is 0 Å². The predicted molar refractivity (Wildman–Crippen MR) is 78.9 cm³/mol. The predicted octanol–water partition coefficient (Wildman–Crippen LogP) is 0.0963. The Morgan fingerprint density at radius 3 is 2.65 bits per heavy atom. The van der Waals surface area contributed by atoms with Gasteiger partial charge in [-0.15, -0.1) is 0 Å². The minimum atomic E-state index is -1.07. The molecule has 0 saturated carbocycles. The third kappa shape index (κ3) is 3.36. The number of aromatic nitrogens is 4. The minimum absolute atomic E-state index is 0.0118. The van der Waals surface area contributed by atoms with Crippen molar-refractivity contribution >= 4 is 23.5 Å². The van der Waals surface area contributed by atoms with Crippen molar-refractivity contribution < 1.29 is 19.5 Å². The van der Waals surface area contributed by atoms with Gasteiger partial charge in [0.2, 0.25) is 0 Å². The zero-order valence-electron chi connectivity index (χ0n) is 12.6. The Morgan fingerprint density at radius 2 is 2.09 bits per heavy atom. The van der Waals surface area contributed by atoms with Gasteiger partial charge in [0.05, 0.1) is 5.69 Å². The molecule has 0 aromatic carbocycles. The number of nitrogens with two attached hydrogens (primary N) is 1. The number of carbonyl (C=O) groups excluding carboxylic acids is 2. The van der Waals surface area contributed by atoms with Crippen molar-refractivity contribution in [1.82, 2.24) is 19.6 Å². The van der Waals surface area contributed by atoms with E-state index in [1.54, 1.807) is 0 Å². The number of amides is 2. The van der Waals surface area contributed by atoms with Gasteiger partial charge in [0.25, 0.3) is 11.8 Å². The lowest BCUT2D eigenvalue weighted by Crippen LogP contribution is -2.20. The first kappa shape index (κ1) is 16.2. The molecule has 122 valence electrons. The normalized spacial score (nSPS) is 11.9. The fraction of sp³-hybridized carbons (Fsp3) is 0.308. The summed E-state index contributed by atoms with van der Waals surface area (Å²) in [6.07, 6.45) is 2.87. The summed E-state index contributed by atoms with van der Waals surface area (Å²) in [5.74, 6) is -2.43. The van der Waals surface area contributed by atoms with Crippen LogP contribution in [0.15, 0.2) is 18.5 Å². The number of nitrogens with one attached hydrogen (secondary N) is 1. The average molecular weight is 320 g/mol. The Morgan fingerprint density at radius 1 is 1.39 bits per heavy atom. The largest absolute Gasteiger partial charge is 0.480 e. The minimum Gasteiger partial charge on any atom is -0.480 e. The maximum atomic E-state index is 12.2. The molecule has 0 fully saturated rings. The highest BCUT2D eigenvalue weighted by Crippen LogP contribution is 2.15. The highest BCUT2D eigenvalue weighted by molar-refractivity contribution is 6.07. The summed E-state index contributed by atoms with van der Waals surface area (Å²) in [6, 6.07) is 0.476. The quantitative estimate of drug-likeness (QED) is 0.688. The number of primary amides is 1. The van der Waals surface area contributed by atoms with E-state index in [0.29, 0.717) is 6.54 Å². The lowest BCUT2D eigenvalue weighted by atomic mass is 10.3. The number of aryl methyl sites for hydroxylation is 1. The van der Waals surface area contributed by atoms with Crippen LogP contribution in [-0.2, 0) is 11.3 Å². The number of anilines is 1. The Labute approximate surface area is 130 Å². The maximum Gasteiger partial charge on any atom is 0.328 e. The van der Waals surface area contributed by atoms with Crippen molar-refractivity contribution in [3.63, 3.8) is 0 Å². The van der Waals surface area contributed by atoms with Crippen LogP contribution in [-0.4, -0.2) is 42.5 Å². The lowest BCUT2D eigenvalue weighted by Gasteiger charge is -2.05. The van der Waals surface area contributed by atoms with Gasteiger partial charge in [-0.1, -0.05) is 0 Å². The summed E-state index contributed by atoms with van der Waals surface area (Å²) in [7, 11) is 0. The number of aliphatic carboxylic acids is 1. The van der Waals surface area contributed by atoms with Gasteiger partial charge < -0.3 is 16.2 Å². The molecule has 2 rings (SSSR count). The molecule has 0 aliphatic heterocycles. The van der Waals surface area contributed by atoms with E-state index in [1.165, 1.54) is 30.1 Å². The molecule has 1 unspecified atom stereocenters. The van der Waals surface area contributed by atoms with Crippen LogP contribution in [0.2, 0.25) is 0 Å². The third-order valence-corrected chi connectivity index (χ3v) is 3.16. The van der Waals surface area contributed by atoms with Gasteiger partial charge in [0.1, 0.15) is 6.04 Å². The van der Waals surface area contributed by atoms with Crippen molar-refractivity contribution in [2.45, 2.75) is 26.4 Å². The van der Waals surface area contributed by atoms with Crippen LogP contribution in [0.1, 0.15) is 40.9 Å². The second-order valence-electron chi connectivity index (χ2n) is 4.76. The zero-order chi connectivity index (χ0) is 17.1. The number of carboxylic acids is 1. The standard InChI is InChI=1S/C13H16N6O4/c1-3-18-6-9(10(17-18)11(14)20)15-12(21)8-4-5-19(16-8)7(2)13(22)23/h4-7H,3H2,1-2H3,(H2,14,20)(H,15,21)(H,22,23). The first-order valence-electron chi connectivity index (χ1n) is 6.80. The highest BCUT2D eigenvalue weighted by Gasteiger charge is 2.20. The molecular weight excluding hydrogens is 304 g/mol.